The van der Waals surface area contributed by atoms with Crippen LogP contribution in [0.4, 0.5) is 0 Å². The fourth-order valence-corrected chi connectivity index (χ4v) is 2.20. The van der Waals surface area contributed by atoms with Gasteiger partial charge in [-0.2, -0.15) is 5.10 Å². The molecule has 0 N–H and O–H groups in total. The maximum atomic E-state index is 11.7. The van der Waals surface area contributed by atoms with Crippen molar-refractivity contribution < 1.29 is 14.3 Å². The largest absolute Gasteiger partial charge is 0.468 e. The molecule has 0 spiro atoms. The van der Waals surface area contributed by atoms with Crippen LogP contribution in [0.1, 0.15) is 11.4 Å². The van der Waals surface area contributed by atoms with Crippen molar-refractivity contribution in [1.29, 1.82) is 0 Å². The summed E-state index contributed by atoms with van der Waals surface area (Å²) in [4.78, 5) is 13.8. The highest BCUT2D eigenvalue weighted by atomic mass is 16.5. The summed E-state index contributed by atoms with van der Waals surface area (Å²) < 4.78 is 12.0. The first-order valence-corrected chi connectivity index (χ1v) is 6.01. The molecule has 6 nitrogen and oxygen atoms in total. The third kappa shape index (κ3) is 2.70. The van der Waals surface area contributed by atoms with E-state index in [4.69, 9.17) is 9.47 Å². The Balaban J connectivity index is 2.10. The Bertz CT molecular complexity index is 430. The molecule has 2 rings (SSSR count). The first-order chi connectivity index (χ1) is 8.61. The van der Waals surface area contributed by atoms with Gasteiger partial charge in [0.1, 0.15) is 6.04 Å². The van der Waals surface area contributed by atoms with Crippen LogP contribution in [0.15, 0.2) is 6.07 Å². The van der Waals surface area contributed by atoms with Crippen molar-refractivity contribution >= 4 is 5.97 Å². The van der Waals surface area contributed by atoms with Crippen LogP contribution in [0.3, 0.4) is 0 Å². The predicted octanol–water partition coefficient (Wildman–Crippen LogP) is 0.102. The summed E-state index contributed by atoms with van der Waals surface area (Å²) >= 11 is 0. The lowest BCUT2D eigenvalue weighted by atomic mass is 10.2. The number of aromatic nitrogens is 2. The molecule has 0 aromatic carbocycles. The summed E-state index contributed by atoms with van der Waals surface area (Å²) in [6.45, 7) is 4.40. The SMILES string of the molecule is COC(=O)C1COCCN1Cc1cc(C)nn1C. The van der Waals surface area contributed by atoms with Crippen LogP contribution in [0.25, 0.3) is 0 Å². The molecule has 6 heteroatoms. The molecule has 1 unspecified atom stereocenters. The zero-order chi connectivity index (χ0) is 13.1. The van der Waals surface area contributed by atoms with Crippen molar-refractivity contribution in [2.24, 2.45) is 7.05 Å². The normalized spacial score (nSPS) is 20.9. The molecule has 0 bridgehead atoms. The number of carbonyl (C=O) groups excluding carboxylic acids is 1. The Morgan fingerprint density at radius 2 is 2.44 bits per heavy atom. The molecule has 1 saturated heterocycles. The number of carbonyl (C=O) groups is 1. The van der Waals surface area contributed by atoms with Gasteiger partial charge in [0.05, 0.1) is 31.7 Å². The minimum atomic E-state index is -0.320. The van der Waals surface area contributed by atoms with E-state index in [9.17, 15) is 4.79 Å². The van der Waals surface area contributed by atoms with Crippen molar-refractivity contribution in [3.8, 4) is 0 Å². The zero-order valence-electron chi connectivity index (χ0n) is 11.0. The predicted molar refractivity (Wildman–Crippen MR) is 65.0 cm³/mol. The summed E-state index contributed by atoms with van der Waals surface area (Å²) in [7, 11) is 3.32. The van der Waals surface area contributed by atoms with Gasteiger partial charge in [-0.3, -0.25) is 14.4 Å². The fourth-order valence-electron chi connectivity index (χ4n) is 2.20. The summed E-state index contributed by atoms with van der Waals surface area (Å²) in [5.74, 6) is -0.242. The lowest BCUT2D eigenvalue weighted by Crippen LogP contribution is -2.50. The van der Waals surface area contributed by atoms with E-state index in [-0.39, 0.29) is 12.0 Å². The Hall–Kier alpha value is -1.40. The molecule has 1 atom stereocenters. The quantitative estimate of drug-likeness (QED) is 0.715. The fraction of sp³-hybridized carbons (Fsp3) is 0.667. The molecule has 0 saturated carbocycles. The average Bonchev–Trinajstić information content (AvgIpc) is 2.67. The molecule has 0 amide bonds. The van der Waals surface area contributed by atoms with Crippen LogP contribution >= 0.6 is 0 Å². The summed E-state index contributed by atoms with van der Waals surface area (Å²) in [5.41, 5.74) is 2.07. The molecule has 1 aromatic rings. The highest BCUT2D eigenvalue weighted by molar-refractivity contribution is 5.75. The van der Waals surface area contributed by atoms with E-state index in [2.05, 4.69) is 10.00 Å². The number of esters is 1. The van der Waals surface area contributed by atoms with E-state index in [1.54, 1.807) is 0 Å². The number of rotatable bonds is 3. The monoisotopic (exact) mass is 253 g/mol. The molecular weight excluding hydrogens is 234 g/mol. The number of aryl methyl sites for hydroxylation is 2. The third-order valence-electron chi connectivity index (χ3n) is 3.18. The van der Waals surface area contributed by atoms with E-state index in [0.29, 0.717) is 19.8 Å². The Morgan fingerprint density at radius 3 is 3.06 bits per heavy atom. The van der Waals surface area contributed by atoms with Gasteiger partial charge < -0.3 is 9.47 Å². The lowest BCUT2D eigenvalue weighted by Gasteiger charge is -2.33. The molecule has 100 valence electrons. The molecule has 0 radical (unpaired) electrons. The second kappa shape index (κ2) is 5.49. The average molecular weight is 253 g/mol. The van der Waals surface area contributed by atoms with E-state index in [1.165, 1.54) is 7.11 Å². The van der Waals surface area contributed by atoms with Gasteiger partial charge in [0, 0.05) is 20.1 Å². The highest BCUT2D eigenvalue weighted by Gasteiger charge is 2.30. The molecule has 0 aliphatic carbocycles. The van der Waals surface area contributed by atoms with Crippen molar-refractivity contribution in [2.45, 2.75) is 19.5 Å². The molecule has 18 heavy (non-hydrogen) atoms. The summed E-state index contributed by atoms with van der Waals surface area (Å²) in [6.07, 6.45) is 0. The minimum absolute atomic E-state index is 0.242. The smallest absolute Gasteiger partial charge is 0.325 e. The van der Waals surface area contributed by atoms with Crippen LogP contribution in [0.5, 0.6) is 0 Å². The van der Waals surface area contributed by atoms with Crippen LogP contribution in [0, 0.1) is 6.92 Å². The molecule has 1 aliphatic heterocycles. The second-order valence-electron chi connectivity index (χ2n) is 4.49. The lowest BCUT2D eigenvalue weighted by molar-refractivity contribution is -0.153. The van der Waals surface area contributed by atoms with E-state index >= 15 is 0 Å². The van der Waals surface area contributed by atoms with Crippen molar-refractivity contribution in [3.63, 3.8) is 0 Å². The maximum Gasteiger partial charge on any atom is 0.325 e. The van der Waals surface area contributed by atoms with E-state index in [0.717, 1.165) is 17.9 Å². The highest BCUT2D eigenvalue weighted by Crippen LogP contribution is 2.14. The van der Waals surface area contributed by atoms with Gasteiger partial charge in [-0.1, -0.05) is 0 Å². The number of hydrogen-bond acceptors (Lipinski definition) is 5. The number of methoxy groups -OCH3 is 1. The van der Waals surface area contributed by atoms with Gasteiger partial charge >= 0.3 is 5.97 Å². The third-order valence-corrected chi connectivity index (χ3v) is 3.18. The summed E-state index contributed by atoms with van der Waals surface area (Å²) in [6, 6.07) is 1.71. The Morgan fingerprint density at radius 1 is 1.67 bits per heavy atom. The topological polar surface area (TPSA) is 56.6 Å². The Kier molecular flexibility index (Phi) is 3.98. The maximum absolute atomic E-state index is 11.7. The number of ether oxygens (including phenoxy) is 2. The molecule has 1 aromatic heterocycles. The zero-order valence-corrected chi connectivity index (χ0v) is 11.0. The van der Waals surface area contributed by atoms with Gasteiger partial charge in [0.2, 0.25) is 0 Å². The van der Waals surface area contributed by atoms with Gasteiger partial charge in [-0.05, 0) is 13.0 Å². The molecule has 2 heterocycles. The van der Waals surface area contributed by atoms with Crippen molar-refractivity contribution in [2.75, 3.05) is 26.9 Å². The van der Waals surface area contributed by atoms with Gasteiger partial charge in [0.15, 0.2) is 0 Å². The minimum Gasteiger partial charge on any atom is -0.468 e. The van der Waals surface area contributed by atoms with Gasteiger partial charge in [-0.15, -0.1) is 0 Å². The Labute approximate surface area is 106 Å². The number of nitrogens with zero attached hydrogens (tertiary/aromatic N) is 3. The summed E-state index contributed by atoms with van der Waals surface area (Å²) in [5, 5.41) is 4.31. The van der Waals surface area contributed by atoms with Gasteiger partial charge in [0.25, 0.3) is 0 Å². The standard InChI is InChI=1S/C12H19N3O3/c1-9-6-10(14(2)13-9)7-15-4-5-18-8-11(15)12(16)17-3/h6,11H,4-5,7-8H2,1-3H3. The van der Waals surface area contributed by atoms with E-state index in [1.807, 2.05) is 24.7 Å². The second-order valence-corrected chi connectivity index (χ2v) is 4.49. The first kappa shape index (κ1) is 13.0. The van der Waals surface area contributed by atoms with Crippen LogP contribution in [-0.4, -0.2) is 53.6 Å². The molecule has 1 aliphatic rings. The van der Waals surface area contributed by atoms with Crippen LogP contribution in [0.2, 0.25) is 0 Å². The van der Waals surface area contributed by atoms with Crippen molar-refractivity contribution in [1.82, 2.24) is 14.7 Å². The van der Waals surface area contributed by atoms with E-state index < -0.39 is 0 Å². The number of morpholine rings is 1. The molecule has 1 fully saturated rings. The van der Waals surface area contributed by atoms with Crippen LogP contribution in [-0.2, 0) is 27.9 Å². The van der Waals surface area contributed by atoms with Crippen molar-refractivity contribution in [3.05, 3.63) is 17.5 Å². The van der Waals surface area contributed by atoms with Gasteiger partial charge in [-0.25, -0.2) is 0 Å². The first-order valence-electron chi connectivity index (χ1n) is 6.01. The number of hydrogen-bond donors (Lipinski definition) is 0. The molecular formula is C12H19N3O3. The van der Waals surface area contributed by atoms with Crippen LogP contribution < -0.4 is 0 Å².